The summed E-state index contributed by atoms with van der Waals surface area (Å²) >= 11 is 0. The Kier molecular flexibility index (Phi) is 5.96. The maximum absolute atomic E-state index is 14.5. The molecular formula is C19H26FN5O4. The molecule has 0 aliphatic carbocycles. The summed E-state index contributed by atoms with van der Waals surface area (Å²) < 4.78 is 26.2. The molecule has 2 aromatic heterocycles. The Morgan fingerprint density at radius 2 is 1.66 bits per heavy atom. The lowest BCUT2D eigenvalue weighted by molar-refractivity contribution is 0.0506. The third kappa shape index (κ3) is 5.72. The van der Waals surface area contributed by atoms with Gasteiger partial charge in [-0.05, 0) is 55.4 Å². The van der Waals surface area contributed by atoms with Crippen molar-refractivity contribution in [2.75, 3.05) is 4.90 Å². The number of ether oxygens (including phenoxy) is 2. The second kappa shape index (κ2) is 7.76. The topological polar surface area (TPSA) is 99.4 Å². The normalized spacial score (nSPS) is 11.9. The monoisotopic (exact) mass is 407 g/mol. The van der Waals surface area contributed by atoms with E-state index < -0.39 is 29.2 Å². The van der Waals surface area contributed by atoms with Crippen LogP contribution in [0.4, 0.5) is 25.6 Å². The van der Waals surface area contributed by atoms with E-state index in [0.717, 1.165) is 15.8 Å². The molecule has 0 unspecified atom stereocenters. The van der Waals surface area contributed by atoms with Crippen LogP contribution in [0, 0.1) is 19.7 Å². The molecule has 0 spiro atoms. The summed E-state index contributed by atoms with van der Waals surface area (Å²) in [7, 11) is 0. The van der Waals surface area contributed by atoms with Gasteiger partial charge >= 0.3 is 12.2 Å². The van der Waals surface area contributed by atoms with Crippen LogP contribution in [-0.4, -0.2) is 43.1 Å². The van der Waals surface area contributed by atoms with E-state index in [1.54, 1.807) is 55.4 Å². The van der Waals surface area contributed by atoms with Crippen LogP contribution in [0.5, 0.6) is 0 Å². The van der Waals surface area contributed by atoms with Gasteiger partial charge in [0.25, 0.3) is 0 Å². The number of amides is 1. The molecule has 2 rings (SSSR count). The quantitative estimate of drug-likeness (QED) is 0.732. The highest BCUT2D eigenvalue weighted by molar-refractivity contribution is 5.94. The zero-order valence-electron chi connectivity index (χ0n) is 17.9. The van der Waals surface area contributed by atoms with E-state index in [-0.39, 0.29) is 17.5 Å². The summed E-state index contributed by atoms with van der Waals surface area (Å²) in [5.41, 5.74) is -1.21. The first kappa shape index (κ1) is 22.3. The van der Waals surface area contributed by atoms with Gasteiger partial charge in [-0.3, -0.25) is 0 Å². The second-order valence-corrected chi connectivity index (χ2v) is 8.44. The van der Waals surface area contributed by atoms with E-state index in [1.807, 2.05) is 0 Å². The molecule has 10 heteroatoms. The minimum absolute atomic E-state index is 0.0420. The second-order valence-electron chi connectivity index (χ2n) is 8.44. The lowest BCUT2D eigenvalue weighted by atomic mass is 10.2. The van der Waals surface area contributed by atoms with Crippen molar-refractivity contribution in [3.8, 4) is 0 Å². The Labute approximate surface area is 168 Å². The molecule has 9 nitrogen and oxygen atoms in total. The third-order valence-corrected chi connectivity index (χ3v) is 3.30. The molecule has 29 heavy (non-hydrogen) atoms. The molecule has 0 saturated carbocycles. The van der Waals surface area contributed by atoms with E-state index in [4.69, 9.17) is 9.47 Å². The van der Waals surface area contributed by atoms with Crippen molar-refractivity contribution in [2.45, 2.75) is 66.6 Å². The molecule has 0 aliphatic rings. The van der Waals surface area contributed by atoms with Crippen LogP contribution in [0.1, 0.15) is 53.1 Å². The minimum atomic E-state index is -0.900. The van der Waals surface area contributed by atoms with Crippen molar-refractivity contribution >= 4 is 23.8 Å². The molecule has 1 amide bonds. The van der Waals surface area contributed by atoms with Gasteiger partial charge in [0, 0.05) is 6.07 Å². The van der Waals surface area contributed by atoms with E-state index in [9.17, 15) is 14.0 Å². The number of hydrogen-bond donors (Lipinski definition) is 0. The molecule has 0 saturated heterocycles. The smallest absolute Gasteiger partial charge is 0.435 e. The van der Waals surface area contributed by atoms with E-state index in [1.165, 1.54) is 6.07 Å². The summed E-state index contributed by atoms with van der Waals surface area (Å²) in [4.78, 5) is 33.9. The molecule has 0 fully saturated rings. The van der Waals surface area contributed by atoms with Gasteiger partial charge in [-0.25, -0.2) is 28.8 Å². The average molecular weight is 407 g/mol. The number of aromatic nitrogens is 4. The van der Waals surface area contributed by atoms with Crippen LogP contribution in [-0.2, 0) is 9.47 Å². The SMILES string of the molecule is Cc1ncc(F)c(N(C(=O)OC(C)(C)C)c2cc(C)n(C(=O)OC(C)(C)C)n2)n1. The van der Waals surface area contributed by atoms with Crippen LogP contribution in [0.2, 0.25) is 0 Å². The fourth-order valence-electron chi connectivity index (χ4n) is 2.25. The maximum atomic E-state index is 14.5. The van der Waals surface area contributed by atoms with Crippen molar-refractivity contribution < 1.29 is 23.5 Å². The first-order valence-corrected chi connectivity index (χ1v) is 9.00. The summed E-state index contributed by atoms with van der Waals surface area (Å²) in [5.74, 6) is -0.968. The highest BCUT2D eigenvalue weighted by Crippen LogP contribution is 2.28. The zero-order chi connectivity index (χ0) is 22.1. The fraction of sp³-hybridized carbons (Fsp3) is 0.526. The first-order valence-electron chi connectivity index (χ1n) is 9.00. The molecule has 0 atom stereocenters. The number of rotatable bonds is 2. The molecule has 0 aromatic carbocycles. The summed E-state index contributed by atoms with van der Waals surface area (Å²) in [6, 6.07) is 1.44. The molecular weight excluding hydrogens is 381 g/mol. The lowest BCUT2D eigenvalue weighted by Gasteiger charge is -2.25. The molecule has 0 bridgehead atoms. The Morgan fingerprint density at radius 3 is 2.21 bits per heavy atom. The summed E-state index contributed by atoms with van der Waals surface area (Å²) in [6.07, 6.45) is -0.680. The van der Waals surface area contributed by atoms with Gasteiger partial charge in [-0.15, -0.1) is 5.10 Å². The van der Waals surface area contributed by atoms with Gasteiger partial charge < -0.3 is 9.47 Å². The van der Waals surface area contributed by atoms with Gasteiger partial charge in [-0.2, -0.15) is 4.68 Å². The minimum Gasteiger partial charge on any atom is -0.443 e. The Morgan fingerprint density at radius 1 is 1.07 bits per heavy atom. The highest BCUT2D eigenvalue weighted by atomic mass is 19.1. The lowest BCUT2D eigenvalue weighted by Crippen LogP contribution is -2.35. The summed E-state index contributed by atoms with van der Waals surface area (Å²) in [6.45, 7) is 13.3. The van der Waals surface area contributed by atoms with Crippen molar-refractivity contribution in [1.29, 1.82) is 0 Å². The molecule has 0 aliphatic heterocycles. The number of hydrogen-bond acceptors (Lipinski definition) is 7. The van der Waals surface area contributed by atoms with Crippen LogP contribution in [0.3, 0.4) is 0 Å². The third-order valence-electron chi connectivity index (χ3n) is 3.30. The van der Waals surface area contributed by atoms with Gasteiger partial charge in [0.1, 0.15) is 17.0 Å². The largest absolute Gasteiger partial charge is 0.443 e. The standard InChI is InChI=1S/C19H26FN5O4/c1-11-9-14(23-25(11)17(27)29-19(6,7)8)24(16(26)28-18(3,4)5)15-13(20)10-21-12(2)22-15/h9-10H,1-8H3. The molecule has 0 radical (unpaired) electrons. The molecule has 2 aromatic rings. The van der Waals surface area contributed by atoms with Crippen molar-refractivity contribution in [3.63, 3.8) is 0 Å². The molecule has 158 valence electrons. The van der Waals surface area contributed by atoms with Crippen LogP contribution >= 0.6 is 0 Å². The highest BCUT2D eigenvalue weighted by Gasteiger charge is 2.31. The van der Waals surface area contributed by atoms with E-state index in [2.05, 4.69) is 15.1 Å². The molecule has 2 heterocycles. The fourth-order valence-corrected chi connectivity index (χ4v) is 2.25. The van der Waals surface area contributed by atoms with Gasteiger partial charge in [0.2, 0.25) is 0 Å². The van der Waals surface area contributed by atoms with Crippen molar-refractivity contribution in [2.24, 2.45) is 0 Å². The number of carbonyl (C=O) groups is 2. The Bertz CT molecular complexity index is 928. The summed E-state index contributed by atoms with van der Waals surface area (Å²) in [5, 5.41) is 4.13. The van der Waals surface area contributed by atoms with Gasteiger partial charge in [0.15, 0.2) is 17.5 Å². The van der Waals surface area contributed by atoms with Crippen molar-refractivity contribution in [3.05, 3.63) is 29.6 Å². The predicted molar refractivity (Wildman–Crippen MR) is 104 cm³/mol. The van der Waals surface area contributed by atoms with Crippen LogP contribution in [0.25, 0.3) is 0 Å². The average Bonchev–Trinajstić information content (AvgIpc) is 2.89. The Hall–Kier alpha value is -3.04. The van der Waals surface area contributed by atoms with Gasteiger partial charge in [0.05, 0.1) is 11.9 Å². The van der Waals surface area contributed by atoms with Crippen LogP contribution in [0.15, 0.2) is 12.3 Å². The first-order chi connectivity index (χ1) is 13.2. The number of carbonyl (C=O) groups excluding carboxylic acids is 2. The maximum Gasteiger partial charge on any atom is 0.435 e. The predicted octanol–water partition coefficient (Wildman–Crippen LogP) is 4.29. The number of halogens is 1. The van der Waals surface area contributed by atoms with Crippen molar-refractivity contribution in [1.82, 2.24) is 19.7 Å². The van der Waals surface area contributed by atoms with Crippen LogP contribution < -0.4 is 4.90 Å². The molecule has 0 N–H and O–H groups in total. The zero-order valence-corrected chi connectivity index (χ0v) is 17.9. The number of nitrogens with zero attached hydrogens (tertiary/aromatic N) is 5. The Balaban J connectivity index is 2.55. The number of anilines is 2. The van der Waals surface area contributed by atoms with E-state index in [0.29, 0.717) is 5.69 Å². The van der Waals surface area contributed by atoms with Gasteiger partial charge in [-0.1, -0.05) is 0 Å². The van der Waals surface area contributed by atoms with E-state index >= 15 is 0 Å². The number of aryl methyl sites for hydroxylation is 2.